The van der Waals surface area contributed by atoms with Gasteiger partial charge in [0.25, 0.3) is 5.91 Å². The van der Waals surface area contributed by atoms with Crippen molar-refractivity contribution in [3.05, 3.63) is 77.4 Å². The summed E-state index contributed by atoms with van der Waals surface area (Å²) in [6, 6.07) is 19.4. The average molecular weight is 346 g/mol. The topological polar surface area (TPSA) is 58.2 Å². The van der Waals surface area contributed by atoms with Gasteiger partial charge < -0.3 is 10.6 Å². The van der Waals surface area contributed by atoms with Crippen LogP contribution in [0, 0.1) is 6.92 Å². The van der Waals surface area contributed by atoms with E-state index >= 15 is 0 Å². The van der Waals surface area contributed by atoms with Gasteiger partial charge in [-0.15, -0.1) is 0 Å². The van der Waals surface area contributed by atoms with Gasteiger partial charge in [0.1, 0.15) is 0 Å². The van der Waals surface area contributed by atoms with Crippen LogP contribution in [0.1, 0.15) is 41.4 Å². The smallest absolute Gasteiger partial charge is 0.252 e. The lowest BCUT2D eigenvalue weighted by molar-refractivity contribution is -0.114. The number of amides is 2. The van der Waals surface area contributed by atoms with E-state index in [0.29, 0.717) is 11.3 Å². The molecule has 1 unspecified atom stereocenters. The molecule has 26 heavy (non-hydrogen) atoms. The molecule has 0 aliphatic carbocycles. The van der Waals surface area contributed by atoms with Gasteiger partial charge in [-0.1, -0.05) is 48.5 Å². The standard InChI is InChI=1S/C22H22N2O2/c1-14-11-12-18(24-16(3)25)13-21(14)22(26)23-15(2)19-10-6-8-17-7-4-5-9-20(17)19/h4-13,15H,1-3H3,(H,23,26)(H,24,25). The molecule has 0 aliphatic heterocycles. The van der Waals surface area contributed by atoms with Gasteiger partial charge in [-0.2, -0.15) is 0 Å². The van der Waals surface area contributed by atoms with Crippen molar-refractivity contribution in [3.8, 4) is 0 Å². The highest BCUT2D eigenvalue weighted by molar-refractivity contribution is 5.98. The van der Waals surface area contributed by atoms with Crippen molar-refractivity contribution in [1.82, 2.24) is 5.32 Å². The second-order valence-electron chi connectivity index (χ2n) is 6.47. The number of rotatable bonds is 4. The van der Waals surface area contributed by atoms with Crippen molar-refractivity contribution in [2.24, 2.45) is 0 Å². The minimum atomic E-state index is -0.163. The van der Waals surface area contributed by atoms with E-state index in [0.717, 1.165) is 21.9 Å². The molecule has 0 fully saturated rings. The minimum Gasteiger partial charge on any atom is -0.345 e. The molecule has 3 rings (SSSR count). The predicted octanol–water partition coefficient (Wildman–Crippen LogP) is 4.60. The van der Waals surface area contributed by atoms with E-state index in [1.54, 1.807) is 12.1 Å². The maximum Gasteiger partial charge on any atom is 0.252 e. The first kappa shape index (κ1) is 17.7. The number of nitrogens with one attached hydrogen (secondary N) is 2. The molecule has 0 heterocycles. The molecule has 132 valence electrons. The molecule has 3 aromatic carbocycles. The average Bonchev–Trinajstić information content (AvgIpc) is 2.62. The Morgan fingerprint density at radius 2 is 1.69 bits per heavy atom. The number of hydrogen-bond acceptors (Lipinski definition) is 2. The molecule has 0 radical (unpaired) electrons. The summed E-state index contributed by atoms with van der Waals surface area (Å²) in [5, 5.41) is 8.07. The number of carbonyl (C=O) groups excluding carboxylic acids is 2. The third kappa shape index (κ3) is 3.75. The first-order valence-electron chi connectivity index (χ1n) is 8.62. The Morgan fingerprint density at radius 3 is 2.46 bits per heavy atom. The molecule has 2 N–H and O–H groups in total. The highest BCUT2D eigenvalue weighted by Crippen LogP contribution is 2.25. The number of hydrogen-bond donors (Lipinski definition) is 2. The van der Waals surface area contributed by atoms with E-state index in [1.165, 1.54) is 6.92 Å². The lowest BCUT2D eigenvalue weighted by Crippen LogP contribution is -2.27. The molecule has 0 aromatic heterocycles. The maximum atomic E-state index is 12.8. The van der Waals surface area contributed by atoms with Crippen LogP contribution in [-0.4, -0.2) is 11.8 Å². The molecule has 0 spiro atoms. The summed E-state index contributed by atoms with van der Waals surface area (Å²) < 4.78 is 0. The fraction of sp³-hybridized carbons (Fsp3) is 0.182. The fourth-order valence-corrected chi connectivity index (χ4v) is 3.13. The summed E-state index contributed by atoms with van der Waals surface area (Å²) in [5.74, 6) is -0.320. The second-order valence-corrected chi connectivity index (χ2v) is 6.47. The van der Waals surface area contributed by atoms with Crippen LogP contribution in [-0.2, 0) is 4.79 Å². The van der Waals surface area contributed by atoms with E-state index in [-0.39, 0.29) is 17.9 Å². The van der Waals surface area contributed by atoms with Crippen LogP contribution in [0.3, 0.4) is 0 Å². The lowest BCUT2D eigenvalue weighted by atomic mass is 9.99. The van der Waals surface area contributed by atoms with Crippen LogP contribution < -0.4 is 10.6 Å². The van der Waals surface area contributed by atoms with E-state index in [2.05, 4.69) is 28.8 Å². The van der Waals surface area contributed by atoms with Gasteiger partial charge in [0.05, 0.1) is 6.04 Å². The molecule has 4 heteroatoms. The van der Waals surface area contributed by atoms with E-state index < -0.39 is 0 Å². The summed E-state index contributed by atoms with van der Waals surface area (Å²) in [6.45, 7) is 5.31. The van der Waals surface area contributed by atoms with Crippen molar-refractivity contribution < 1.29 is 9.59 Å². The summed E-state index contributed by atoms with van der Waals surface area (Å²) >= 11 is 0. The fourth-order valence-electron chi connectivity index (χ4n) is 3.13. The quantitative estimate of drug-likeness (QED) is 0.725. The molecular weight excluding hydrogens is 324 g/mol. The molecule has 0 aliphatic rings. The van der Waals surface area contributed by atoms with Gasteiger partial charge in [-0.25, -0.2) is 0 Å². The first-order valence-corrected chi connectivity index (χ1v) is 8.62. The molecule has 3 aromatic rings. The Kier molecular flexibility index (Phi) is 5.03. The molecular formula is C22H22N2O2. The second kappa shape index (κ2) is 7.40. The number of fused-ring (bicyclic) bond motifs is 1. The van der Waals surface area contributed by atoms with Gasteiger partial charge in [0, 0.05) is 18.2 Å². The van der Waals surface area contributed by atoms with Gasteiger partial charge in [-0.3, -0.25) is 9.59 Å². The summed E-state index contributed by atoms with van der Waals surface area (Å²) in [7, 11) is 0. The number of carbonyl (C=O) groups is 2. The SMILES string of the molecule is CC(=O)Nc1ccc(C)c(C(=O)NC(C)c2cccc3ccccc23)c1. The number of anilines is 1. The Morgan fingerprint density at radius 1 is 0.962 bits per heavy atom. The zero-order valence-corrected chi connectivity index (χ0v) is 15.2. The molecule has 1 atom stereocenters. The summed E-state index contributed by atoms with van der Waals surface area (Å²) in [6.07, 6.45) is 0. The van der Waals surface area contributed by atoms with Crippen LogP contribution in [0.4, 0.5) is 5.69 Å². The lowest BCUT2D eigenvalue weighted by Gasteiger charge is -2.18. The van der Waals surface area contributed by atoms with E-state index in [1.807, 2.05) is 44.2 Å². The summed E-state index contributed by atoms with van der Waals surface area (Å²) in [4.78, 5) is 24.1. The highest BCUT2D eigenvalue weighted by atomic mass is 16.2. The molecule has 0 saturated carbocycles. The van der Waals surface area contributed by atoms with Gasteiger partial charge >= 0.3 is 0 Å². The van der Waals surface area contributed by atoms with E-state index in [4.69, 9.17) is 0 Å². The Labute approximate surface area is 153 Å². The normalized spacial score (nSPS) is 11.8. The minimum absolute atomic E-state index is 0.141. The molecule has 0 bridgehead atoms. The third-order valence-electron chi connectivity index (χ3n) is 4.44. The van der Waals surface area contributed by atoms with Crippen molar-refractivity contribution >= 4 is 28.3 Å². The first-order chi connectivity index (χ1) is 12.5. The Bertz CT molecular complexity index is 974. The predicted molar refractivity (Wildman–Crippen MR) is 105 cm³/mol. The van der Waals surface area contributed by atoms with Crippen molar-refractivity contribution in [2.75, 3.05) is 5.32 Å². The van der Waals surface area contributed by atoms with Crippen LogP contribution in [0.2, 0.25) is 0 Å². The van der Waals surface area contributed by atoms with Crippen molar-refractivity contribution in [3.63, 3.8) is 0 Å². The number of aryl methyl sites for hydroxylation is 1. The molecule has 0 saturated heterocycles. The highest BCUT2D eigenvalue weighted by Gasteiger charge is 2.16. The Hall–Kier alpha value is -3.14. The van der Waals surface area contributed by atoms with Crippen molar-refractivity contribution in [1.29, 1.82) is 0 Å². The zero-order chi connectivity index (χ0) is 18.7. The third-order valence-corrected chi connectivity index (χ3v) is 4.44. The van der Waals surface area contributed by atoms with Crippen LogP contribution in [0.15, 0.2) is 60.7 Å². The Balaban J connectivity index is 1.86. The van der Waals surface area contributed by atoms with Gasteiger partial charge in [0.2, 0.25) is 5.91 Å². The monoisotopic (exact) mass is 346 g/mol. The van der Waals surface area contributed by atoms with Crippen LogP contribution in [0.5, 0.6) is 0 Å². The maximum absolute atomic E-state index is 12.8. The van der Waals surface area contributed by atoms with Crippen molar-refractivity contribution in [2.45, 2.75) is 26.8 Å². The number of benzene rings is 3. The zero-order valence-electron chi connectivity index (χ0n) is 15.2. The van der Waals surface area contributed by atoms with Gasteiger partial charge in [0.15, 0.2) is 0 Å². The summed E-state index contributed by atoms with van der Waals surface area (Å²) in [5.41, 5.74) is 3.11. The van der Waals surface area contributed by atoms with E-state index in [9.17, 15) is 9.59 Å². The largest absolute Gasteiger partial charge is 0.345 e. The molecule has 4 nitrogen and oxygen atoms in total. The molecule has 2 amide bonds. The van der Waals surface area contributed by atoms with Crippen LogP contribution >= 0.6 is 0 Å². The van der Waals surface area contributed by atoms with Crippen LogP contribution in [0.25, 0.3) is 10.8 Å². The van der Waals surface area contributed by atoms with Gasteiger partial charge in [-0.05, 0) is 47.9 Å².